The zero-order chi connectivity index (χ0) is 17.6. The Morgan fingerprint density at radius 3 is 2.67 bits per heavy atom. The fraction of sp³-hybridized carbons (Fsp3) is 0.200. The van der Waals surface area contributed by atoms with Crippen LogP contribution < -0.4 is 9.88 Å². The number of methoxy groups -OCH3 is 1. The average molecular weight is 339 g/mol. The maximum absolute atomic E-state index is 12.4. The van der Waals surface area contributed by atoms with Gasteiger partial charge in [0.1, 0.15) is 12.9 Å². The third-order valence-electron chi connectivity index (χ3n) is 2.93. The van der Waals surface area contributed by atoms with Crippen molar-refractivity contribution in [1.29, 1.82) is 0 Å². The summed E-state index contributed by atoms with van der Waals surface area (Å²) in [5.74, 6) is -1.83. The van der Waals surface area contributed by atoms with Gasteiger partial charge in [0.2, 0.25) is 0 Å². The van der Waals surface area contributed by atoms with E-state index < -0.39 is 12.0 Å². The summed E-state index contributed by atoms with van der Waals surface area (Å²) >= 11 is 0. The molecule has 0 radical (unpaired) electrons. The number of halogens is 3. The first-order valence-electron chi connectivity index (χ1n) is 6.77. The summed E-state index contributed by atoms with van der Waals surface area (Å²) in [4.78, 5) is 18.9. The topological polar surface area (TPSA) is 68.0 Å². The van der Waals surface area contributed by atoms with Crippen molar-refractivity contribution in [2.75, 3.05) is 12.4 Å². The van der Waals surface area contributed by atoms with Gasteiger partial charge in [0.25, 0.3) is 17.5 Å². The second-order valence-corrected chi connectivity index (χ2v) is 4.60. The largest absolute Gasteiger partial charge is 0.465 e. The molecule has 0 spiro atoms. The Morgan fingerprint density at radius 2 is 2.04 bits per heavy atom. The number of allylic oxidation sites excluding steroid dienone is 1. The number of aromatic nitrogens is 3. The highest BCUT2D eigenvalue weighted by molar-refractivity contribution is 5.96. The molecule has 0 atom stereocenters. The van der Waals surface area contributed by atoms with E-state index in [1.165, 1.54) is 24.2 Å². The highest BCUT2D eigenvalue weighted by atomic mass is 19.4. The van der Waals surface area contributed by atoms with E-state index in [-0.39, 0.29) is 5.88 Å². The van der Waals surface area contributed by atoms with Gasteiger partial charge in [-0.25, -0.2) is 9.97 Å². The van der Waals surface area contributed by atoms with E-state index in [4.69, 9.17) is 4.74 Å². The SMILES string of the molecule is CO/C(=C\C(=O)C(F)(F)F)[n+]1ccccc1NCc1cncnc1. The van der Waals surface area contributed by atoms with Gasteiger partial charge in [-0.15, -0.1) is 0 Å². The molecule has 2 heterocycles. The number of nitrogens with one attached hydrogen (secondary N) is 1. The molecule has 1 N–H and O–H groups in total. The number of hydrogen-bond donors (Lipinski definition) is 1. The number of hydrogen-bond acceptors (Lipinski definition) is 5. The molecule has 9 heteroatoms. The van der Waals surface area contributed by atoms with Gasteiger partial charge < -0.3 is 4.74 Å². The fourth-order valence-corrected chi connectivity index (χ4v) is 1.81. The minimum absolute atomic E-state index is 0.260. The molecular weight excluding hydrogens is 325 g/mol. The molecule has 0 aliphatic rings. The maximum Gasteiger partial charge on any atom is 0.454 e. The first kappa shape index (κ1) is 17.4. The molecule has 24 heavy (non-hydrogen) atoms. The zero-order valence-corrected chi connectivity index (χ0v) is 12.6. The molecule has 0 bridgehead atoms. The van der Waals surface area contributed by atoms with E-state index in [9.17, 15) is 18.0 Å². The Hall–Kier alpha value is -2.97. The van der Waals surface area contributed by atoms with Crippen LogP contribution in [0.4, 0.5) is 19.0 Å². The van der Waals surface area contributed by atoms with Gasteiger partial charge in [0.15, 0.2) is 0 Å². The van der Waals surface area contributed by atoms with E-state index in [0.717, 1.165) is 5.56 Å². The van der Waals surface area contributed by atoms with Crippen molar-refractivity contribution in [1.82, 2.24) is 9.97 Å². The Kier molecular flexibility index (Phi) is 5.46. The van der Waals surface area contributed by atoms with Gasteiger partial charge in [-0.2, -0.15) is 17.7 Å². The lowest BCUT2D eigenvalue weighted by Crippen LogP contribution is -2.37. The van der Waals surface area contributed by atoms with Crippen molar-refractivity contribution in [2.45, 2.75) is 12.7 Å². The molecule has 0 saturated carbocycles. The van der Waals surface area contributed by atoms with Crippen molar-refractivity contribution >= 4 is 17.5 Å². The quantitative estimate of drug-likeness (QED) is 0.495. The van der Waals surface area contributed by atoms with Crippen LogP contribution in [0.1, 0.15) is 5.56 Å². The number of carbonyl (C=O) groups is 1. The molecule has 0 amide bonds. The lowest BCUT2D eigenvalue weighted by Gasteiger charge is -2.09. The normalized spacial score (nSPS) is 11.9. The van der Waals surface area contributed by atoms with Gasteiger partial charge in [0.05, 0.1) is 19.4 Å². The fourth-order valence-electron chi connectivity index (χ4n) is 1.81. The van der Waals surface area contributed by atoms with E-state index in [1.807, 2.05) is 0 Å². The van der Waals surface area contributed by atoms with Gasteiger partial charge in [-0.05, 0) is 6.07 Å². The predicted molar refractivity (Wildman–Crippen MR) is 78.3 cm³/mol. The molecule has 2 aromatic heterocycles. The molecule has 126 valence electrons. The van der Waals surface area contributed by atoms with Crippen LogP contribution in [0.3, 0.4) is 0 Å². The zero-order valence-electron chi connectivity index (χ0n) is 12.6. The van der Waals surface area contributed by atoms with Crippen LogP contribution in [0.15, 0.2) is 49.2 Å². The van der Waals surface area contributed by atoms with Crippen LogP contribution in [0.5, 0.6) is 0 Å². The molecule has 0 fully saturated rings. The lowest BCUT2D eigenvalue weighted by atomic mass is 10.3. The van der Waals surface area contributed by atoms with Crippen LogP contribution in [0, 0.1) is 0 Å². The molecule has 0 aliphatic carbocycles. The van der Waals surface area contributed by atoms with Gasteiger partial charge in [-0.1, -0.05) is 6.07 Å². The first-order chi connectivity index (χ1) is 11.4. The van der Waals surface area contributed by atoms with Crippen molar-refractivity contribution in [2.24, 2.45) is 0 Å². The monoisotopic (exact) mass is 339 g/mol. The van der Waals surface area contributed by atoms with E-state index in [1.54, 1.807) is 30.6 Å². The van der Waals surface area contributed by atoms with Crippen LogP contribution in [-0.2, 0) is 16.1 Å². The summed E-state index contributed by atoms with van der Waals surface area (Å²) in [6, 6.07) is 4.93. The van der Waals surface area contributed by atoms with Crippen molar-refractivity contribution < 1.29 is 27.3 Å². The highest BCUT2D eigenvalue weighted by Gasteiger charge is 2.38. The number of ether oxygens (including phenoxy) is 1. The van der Waals surface area contributed by atoms with Crippen molar-refractivity contribution in [3.63, 3.8) is 0 Å². The maximum atomic E-state index is 12.4. The number of carbonyl (C=O) groups excluding carboxylic acids is 1. The Bertz CT molecular complexity index is 733. The lowest BCUT2D eigenvalue weighted by molar-refractivity contribution is -0.585. The molecular formula is C15H14F3N4O2+. The molecule has 2 aromatic rings. The minimum Gasteiger partial charge on any atom is -0.465 e. The number of nitrogens with zero attached hydrogens (tertiary/aromatic N) is 3. The van der Waals surface area contributed by atoms with E-state index in [0.29, 0.717) is 18.4 Å². The van der Waals surface area contributed by atoms with Crippen LogP contribution in [0.25, 0.3) is 5.88 Å². The van der Waals surface area contributed by atoms with Crippen molar-refractivity contribution in [3.8, 4) is 0 Å². The number of rotatable bonds is 6. The van der Waals surface area contributed by atoms with Crippen molar-refractivity contribution in [3.05, 3.63) is 54.8 Å². The summed E-state index contributed by atoms with van der Waals surface area (Å²) in [7, 11) is 1.18. The number of alkyl halides is 3. The molecule has 0 aromatic carbocycles. The van der Waals surface area contributed by atoms with Gasteiger partial charge >= 0.3 is 6.18 Å². The Balaban J connectivity index is 2.26. The van der Waals surface area contributed by atoms with Crippen LogP contribution in [0.2, 0.25) is 0 Å². The number of ketones is 1. The summed E-state index contributed by atoms with van der Waals surface area (Å²) in [6.07, 6.45) is 1.51. The van der Waals surface area contributed by atoms with Gasteiger partial charge in [0, 0.05) is 24.0 Å². The molecule has 0 saturated heterocycles. The summed E-state index contributed by atoms with van der Waals surface area (Å²) < 4.78 is 43.6. The highest BCUT2D eigenvalue weighted by Crippen LogP contribution is 2.18. The second kappa shape index (κ2) is 7.53. The minimum atomic E-state index is -4.96. The summed E-state index contributed by atoms with van der Waals surface area (Å²) in [5, 5.41) is 3.03. The van der Waals surface area contributed by atoms with Crippen LogP contribution >= 0.6 is 0 Å². The number of anilines is 1. The molecule has 0 unspecified atom stereocenters. The Labute approximate surface area is 135 Å². The predicted octanol–water partition coefficient (Wildman–Crippen LogP) is 1.95. The van der Waals surface area contributed by atoms with Gasteiger partial charge in [-0.3, -0.25) is 10.1 Å². The molecule has 6 nitrogen and oxygen atoms in total. The third kappa shape index (κ3) is 4.51. The Morgan fingerprint density at radius 1 is 1.33 bits per heavy atom. The first-order valence-corrected chi connectivity index (χ1v) is 6.77. The van der Waals surface area contributed by atoms with E-state index >= 15 is 0 Å². The third-order valence-corrected chi connectivity index (χ3v) is 2.93. The average Bonchev–Trinajstić information content (AvgIpc) is 2.58. The van der Waals surface area contributed by atoms with E-state index in [2.05, 4.69) is 15.3 Å². The number of pyridine rings is 1. The van der Waals surface area contributed by atoms with Crippen LogP contribution in [-0.4, -0.2) is 29.0 Å². The second-order valence-electron chi connectivity index (χ2n) is 4.60. The standard InChI is InChI=1S/C15H13F3N4O2/c1-24-14(6-12(23)15(16,17)18)22-5-3-2-4-13(22)21-9-11-7-19-10-20-8-11/h2-8,10H,9H2,1H3/p+1/b14-6-. The molecule has 0 aliphatic heterocycles. The summed E-state index contributed by atoms with van der Waals surface area (Å²) in [6.45, 7) is 0.342. The molecule has 2 rings (SSSR count). The smallest absolute Gasteiger partial charge is 0.454 e. The summed E-state index contributed by atoms with van der Waals surface area (Å²) in [5.41, 5.74) is 0.780.